The van der Waals surface area contributed by atoms with Crippen molar-refractivity contribution in [3.8, 4) is 0 Å². The van der Waals surface area contributed by atoms with Gasteiger partial charge in [-0.15, -0.1) is 0 Å². The predicted octanol–water partition coefficient (Wildman–Crippen LogP) is 2.42. The van der Waals surface area contributed by atoms with E-state index in [0.29, 0.717) is 6.61 Å². The van der Waals surface area contributed by atoms with Crippen molar-refractivity contribution in [2.45, 2.75) is 38.3 Å². The number of aromatic nitrogens is 1. The van der Waals surface area contributed by atoms with E-state index in [2.05, 4.69) is 0 Å². The molecular formula is C19H24N2O3. The summed E-state index contributed by atoms with van der Waals surface area (Å²) in [6, 6.07) is 11.2. The summed E-state index contributed by atoms with van der Waals surface area (Å²) in [6.07, 6.45) is 4.04. The number of para-hydroxylation sites is 1. The molecule has 1 fully saturated rings. The highest BCUT2D eigenvalue weighted by Crippen LogP contribution is 2.20. The standard InChI is InChI=1S/C19H24N2O3/c1-24-13-11-16-7-4-5-12-20(16)19(23)14-21-17-8-3-2-6-15(17)9-10-18(21)22/h2-3,6,8-10,16H,4-5,7,11-14H2,1H3/t16-/m1/s1. The summed E-state index contributed by atoms with van der Waals surface area (Å²) in [5.41, 5.74) is 0.677. The molecule has 1 aliphatic heterocycles. The number of fused-ring (bicyclic) bond motifs is 1. The average molecular weight is 328 g/mol. The van der Waals surface area contributed by atoms with Gasteiger partial charge in [-0.05, 0) is 43.2 Å². The van der Waals surface area contributed by atoms with Crippen LogP contribution in [0, 0.1) is 0 Å². The molecule has 3 rings (SSSR count). The second-order valence-electron chi connectivity index (χ2n) is 6.33. The molecule has 0 aliphatic carbocycles. The number of nitrogens with zero attached hydrogens (tertiary/aromatic N) is 2. The van der Waals surface area contributed by atoms with Crippen LogP contribution in [-0.4, -0.2) is 41.7 Å². The molecule has 2 aromatic rings. The maximum Gasteiger partial charge on any atom is 0.251 e. The molecule has 0 bridgehead atoms. The minimum atomic E-state index is -0.132. The number of amides is 1. The van der Waals surface area contributed by atoms with Crippen LogP contribution in [0.2, 0.25) is 0 Å². The number of benzene rings is 1. The lowest BCUT2D eigenvalue weighted by atomic mass is 9.99. The molecule has 0 N–H and O–H groups in total. The second kappa shape index (κ2) is 7.62. The van der Waals surface area contributed by atoms with Crippen LogP contribution >= 0.6 is 0 Å². The first-order chi connectivity index (χ1) is 11.7. The van der Waals surface area contributed by atoms with Gasteiger partial charge >= 0.3 is 0 Å². The fraction of sp³-hybridized carbons (Fsp3) is 0.474. The summed E-state index contributed by atoms with van der Waals surface area (Å²) in [5.74, 6) is 0.0225. The largest absolute Gasteiger partial charge is 0.385 e. The zero-order valence-corrected chi connectivity index (χ0v) is 14.1. The van der Waals surface area contributed by atoms with E-state index in [1.165, 1.54) is 6.07 Å². The van der Waals surface area contributed by atoms with E-state index in [0.717, 1.165) is 43.1 Å². The van der Waals surface area contributed by atoms with Crippen molar-refractivity contribution in [1.29, 1.82) is 0 Å². The fourth-order valence-electron chi connectivity index (χ4n) is 3.52. The van der Waals surface area contributed by atoms with Crippen LogP contribution in [0.25, 0.3) is 10.9 Å². The molecule has 128 valence electrons. The van der Waals surface area contributed by atoms with Gasteiger partial charge in [0.05, 0.1) is 5.52 Å². The van der Waals surface area contributed by atoms with E-state index in [1.807, 2.05) is 29.2 Å². The number of ether oxygens (including phenoxy) is 1. The summed E-state index contributed by atoms with van der Waals surface area (Å²) < 4.78 is 6.76. The van der Waals surface area contributed by atoms with Gasteiger partial charge in [-0.3, -0.25) is 14.2 Å². The molecule has 1 aromatic heterocycles. The molecule has 24 heavy (non-hydrogen) atoms. The van der Waals surface area contributed by atoms with E-state index in [4.69, 9.17) is 4.74 Å². The Morgan fingerprint density at radius 3 is 2.88 bits per heavy atom. The normalized spacial score (nSPS) is 18.0. The number of piperidine rings is 1. The molecule has 5 heteroatoms. The molecule has 0 unspecified atom stereocenters. The van der Waals surface area contributed by atoms with E-state index in [-0.39, 0.29) is 24.1 Å². The van der Waals surface area contributed by atoms with Crippen molar-refractivity contribution in [2.75, 3.05) is 20.3 Å². The Bertz CT molecular complexity index is 769. The number of carbonyl (C=O) groups excluding carboxylic acids is 1. The van der Waals surface area contributed by atoms with Gasteiger partial charge in [0, 0.05) is 32.4 Å². The summed E-state index contributed by atoms with van der Waals surface area (Å²) in [6.45, 7) is 1.53. The molecular weight excluding hydrogens is 304 g/mol. The zero-order chi connectivity index (χ0) is 16.9. The van der Waals surface area contributed by atoms with Crippen LogP contribution < -0.4 is 5.56 Å². The summed E-state index contributed by atoms with van der Waals surface area (Å²) >= 11 is 0. The van der Waals surface area contributed by atoms with Crippen LogP contribution in [0.1, 0.15) is 25.7 Å². The lowest BCUT2D eigenvalue weighted by Crippen LogP contribution is -2.46. The summed E-state index contributed by atoms with van der Waals surface area (Å²) in [5, 5.41) is 0.972. The third-order valence-corrected chi connectivity index (χ3v) is 4.80. The third kappa shape index (κ3) is 3.51. The van der Waals surface area contributed by atoms with E-state index in [9.17, 15) is 9.59 Å². The van der Waals surface area contributed by atoms with E-state index >= 15 is 0 Å². The molecule has 0 spiro atoms. The van der Waals surface area contributed by atoms with E-state index in [1.54, 1.807) is 17.7 Å². The Labute approximate surface area is 141 Å². The van der Waals surface area contributed by atoms with Gasteiger partial charge in [0.2, 0.25) is 5.91 Å². The van der Waals surface area contributed by atoms with E-state index < -0.39 is 0 Å². The SMILES string of the molecule is COCC[C@H]1CCCCN1C(=O)Cn1c(=O)ccc2ccccc21. The lowest BCUT2D eigenvalue weighted by molar-refractivity contribution is -0.135. The number of likely N-dealkylation sites (tertiary alicyclic amines) is 1. The molecule has 0 radical (unpaired) electrons. The second-order valence-corrected chi connectivity index (χ2v) is 6.33. The minimum Gasteiger partial charge on any atom is -0.385 e. The monoisotopic (exact) mass is 328 g/mol. The Balaban J connectivity index is 1.83. The molecule has 1 atom stereocenters. The van der Waals surface area contributed by atoms with Crippen molar-refractivity contribution in [3.05, 3.63) is 46.8 Å². The Hall–Kier alpha value is -2.14. The summed E-state index contributed by atoms with van der Waals surface area (Å²) in [7, 11) is 1.69. The van der Waals surface area contributed by atoms with Crippen LogP contribution in [-0.2, 0) is 16.1 Å². The van der Waals surface area contributed by atoms with Gasteiger partial charge in [0.25, 0.3) is 5.56 Å². The van der Waals surface area contributed by atoms with Crippen LogP contribution in [0.4, 0.5) is 0 Å². The van der Waals surface area contributed by atoms with Gasteiger partial charge < -0.3 is 9.64 Å². The number of carbonyl (C=O) groups is 1. The molecule has 1 amide bonds. The number of hydrogen-bond donors (Lipinski definition) is 0. The van der Waals surface area contributed by atoms with Crippen LogP contribution in [0.3, 0.4) is 0 Å². The highest BCUT2D eigenvalue weighted by Gasteiger charge is 2.26. The third-order valence-electron chi connectivity index (χ3n) is 4.80. The highest BCUT2D eigenvalue weighted by molar-refractivity contribution is 5.82. The number of methoxy groups -OCH3 is 1. The van der Waals surface area contributed by atoms with Crippen LogP contribution in [0.5, 0.6) is 0 Å². The lowest BCUT2D eigenvalue weighted by Gasteiger charge is -2.36. The first kappa shape index (κ1) is 16.7. The highest BCUT2D eigenvalue weighted by atomic mass is 16.5. The van der Waals surface area contributed by atoms with Gasteiger partial charge in [0.15, 0.2) is 0 Å². The molecule has 2 heterocycles. The first-order valence-corrected chi connectivity index (χ1v) is 8.57. The maximum absolute atomic E-state index is 12.9. The predicted molar refractivity (Wildman–Crippen MR) is 94.1 cm³/mol. The molecule has 5 nitrogen and oxygen atoms in total. The van der Waals surface area contributed by atoms with Crippen molar-refractivity contribution >= 4 is 16.8 Å². The number of pyridine rings is 1. The molecule has 1 aliphatic rings. The summed E-state index contributed by atoms with van der Waals surface area (Å²) in [4.78, 5) is 27.1. The number of rotatable bonds is 5. The molecule has 0 saturated carbocycles. The quantitative estimate of drug-likeness (QED) is 0.847. The topological polar surface area (TPSA) is 51.5 Å². The van der Waals surface area contributed by atoms with Gasteiger partial charge in [0.1, 0.15) is 6.54 Å². The van der Waals surface area contributed by atoms with Gasteiger partial charge in [-0.25, -0.2) is 0 Å². The average Bonchev–Trinajstić information content (AvgIpc) is 2.62. The van der Waals surface area contributed by atoms with Gasteiger partial charge in [-0.1, -0.05) is 18.2 Å². The van der Waals surface area contributed by atoms with Crippen molar-refractivity contribution in [1.82, 2.24) is 9.47 Å². The van der Waals surface area contributed by atoms with Crippen molar-refractivity contribution < 1.29 is 9.53 Å². The van der Waals surface area contributed by atoms with Crippen molar-refractivity contribution in [2.24, 2.45) is 0 Å². The number of hydrogen-bond acceptors (Lipinski definition) is 3. The van der Waals surface area contributed by atoms with Gasteiger partial charge in [-0.2, -0.15) is 0 Å². The van der Waals surface area contributed by atoms with Crippen LogP contribution in [0.15, 0.2) is 41.2 Å². The smallest absolute Gasteiger partial charge is 0.251 e. The first-order valence-electron chi connectivity index (χ1n) is 8.57. The Morgan fingerprint density at radius 1 is 1.21 bits per heavy atom. The fourth-order valence-corrected chi connectivity index (χ4v) is 3.52. The zero-order valence-electron chi connectivity index (χ0n) is 14.1. The minimum absolute atomic E-state index is 0.0225. The molecule has 1 aromatic carbocycles. The maximum atomic E-state index is 12.9. The Morgan fingerprint density at radius 2 is 2.04 bits per heavy atom. The molecule has 1 saturated heterocycles. The Kier molecular flexibility index (Phi) is 5.30. The van der Waals surface area contributed by atoms with Crippen molar-refractivity contribution in [3.63, 3.8) is 0 Å².